The Hall–Kier alpha value is -3.32. The number of hydrazone groups is 1. The molecular formula is C24H18ClF3N2O2. The number of rotatable bonds is 5. The van der Waals surface area contributed by atoms with Crippen LogP contribution in [0.5, 0.6) is 0 Å². The average molecular weight is 459 g/mol. The largest absolute Gasteiger partial charge is 0.457 e. The molecule has 8 heteroatoms. The van der Waals surface area contributed by atoms with Crippen LogP contribution >= 0.6 is 11.6 Å². The molecule has 0 unspecified atom stereocenters. The molecule has 0 saturated carbocycles. The predicted molar refractivity (Wildman–Crippen MR) is 118 cm³/mol. The fourth-order valence-corrected chi connectivity index (χ4v) is 3.62. The number of amides is 1. The maximum Gasteiger partial charge on any atom is 0.417 e. The summed E-state index contributed by atoms with van der Waals surface area (Å²) < 4.78 is 45.3. The van der Waals surface area contributed by atoms with Crippen molar-refractivity contribution in [1.29, 1.82) is 0 Å². The number of para-hydroxylation sites is 1. The van der Waals surface area contributed by atoms with Gasteiger partial charge in [0.25, 0.3) is 5.91 Å². The van der Waals surface area contributed by atoms with Gasteiger partial charge in [-0.05, 0) is 55.0 Å². The zero-order valence-corrected chi connectivity index (χ0v) is 17.7. The van der Waals surface area contributed by atoms with Crippen LogP contribution < -0.4 is 5.01 Å². The lowest BCUT2D eigenvalue weighted by atomic mass is 10.1. The zero-order valence-electron chi connectivity index (χ0n) is 17.0. The summed E-state index contributed by atoms with van der Waals surface area (Å²) in [4.78, 5) is 13.0. The van der Waals surface area contributed by atoms with Gasteiger partial charge in [0.2, 0.25) is 0 Å². The van der Waals surface area contributed by atoms with Crippen molar-refractivity contribution in [1.82, 2.24) is 0 Å². The van der Waals surface area contributed by atoms with Gasteiger partial charge < -0.3 is 4.42 Å². The summed E-state index contributed by atoms with van der Waals surface area (Å²) in [7, 11) is 0. The molecule has 2 aromatic carbocycles. The third kappa shape index (κ3) is 4.34. The minimum atomic E-state index is -4.58. The van der Waals surface area contributed by atoms with Crippen LogP contribution in [0.2, 0.25) is 5.02 Å². The van der Waals surface area contributed by atoms with E-state index in [0.717, 1.165) is 12.5 Å². The molecule has 4 nitrogen and oxygen atoms in total. The molecule has 1 aliphatic rings. The molecule has 0 aliphatic carbocycles. The third-order valence-corrected chi connectivity index (χ3v) is 5.24. The molecule has 1 amide bonds. The molecule has 4 rings (SSSR count). The quantitative estimate of drug-likeness (QED) is 0.379. The van der Waals surface area contributed by atoms with Gasteiger partial charge in [-0.25, -0.2) is 0 Å². The molecule has 0 spiro atoms. The molecule has 3 aromatic rings. The van der Waals surface area contributed by atoms with E-state index in [4.69, 9.17) is 16.0 Å². The Morgan fingerprint density at radius 3 is 2.53 bits per heavy atom. The first-order valence-corrected chi connectivity index (χ1v) is 10.3. The summed E-state index contributed by atoms with van der Waals surface area (Å²) in [5.74, 6) is 0.285. The molecular weight excluding hydrogens is 441 g/mol. The Morgan fingerprint density at radius 1 is 1.09 bits per heavy atom. The van der Waals surface area contributed by atoms with Crippen LogP contribution in [0.3, 0.4) is 0 Å². The Labute approximate surface area is 187 Å². The number of alkyl halides is 3. The minimum Gasteiger partial charge on any atom is -0.457 e. The summed E-state index contributed by atoms with van der Waals surface area (Å²) in [6, 6.07) is 15.8. The number of hydrogen-bond acceptors (Lipinski definition) is 3. The molecule has 164 valence electrons. The second kappa shape index (κ2) is 8.67. The van der Waals surface area contributed by atoms with Crippen LogP contribution in [0.25, 0.3) is 17.4 Å². The highest BCUT2D eigenvalue weighted by atomic mass is 35.5. The van der Waals surface area contributed by atoms with Crippen molar-refractivity contribution in [3.63, 3.8) is 0 Å². The molecule has 0 radical (unpaired) electrons. The summed E-state index contributed by atoms with van der Waals surface area (Å²) >= 11 is 5.70. The second-order valence-corrected chi connectivity index (χ2v) is 7.61. The van der Waals surface area contributed by atoms with Crippen molar-refractivity contribution in [2.45, 2.75) is 25.9 Å². The average Bonchev–Trinajstić information content (AvgIpc) is 3.35. The number of carbonyl (C=O) groups is 1. The van der Waals surface area contributed by atoms with Gasteiger partial charge in [0, 0.05) is 5.56 Å². The van der Waals surface area contributed by atoms with Gasteiger partial charge in [-0.15, -0.1) is 0 Å². The summed E-state index contributed by atoms with van der Waals surface area (Å²) in [5.41, 5.74) is 0.969. The summed E-state index contributed by atoms with van der Waals surface area (Å²) in [6.45, 7) is 1.99. The molecule has 0 bridgehead atoms. The molecule has 2 heterocycles. The van der Waals surface area contributed by atoms with E-state index < -0.39 is 11.7 Å². The lowest BCUT2D eigenvalue weighted by Crippen LogP contribution is -2.21. The molecule has 1 aliphatic heterocycles. The van der Waals surface area contributed by atoms with E-state index >= 15 is 0 Å². The Balaban J connectivity index is 1.67. The van der Waals surface area contributed by atoms with Crippen LogP contribution in [0, 0.1) is 0 Å². The highest BCUT2D eigenvalue weighted by Crippen LogP contribution is 2.37. The van der Waals surface area contributed by atoms with Crippen molar-refractivity contribution >= 4 is 35.0 Å². The highest BCUT2D eigenvalue weighted by Gasteiger charge is 2.34. The van der Waals surface area contributed by atoms with E-state index in [-0.39, 0.29) is 22.3 Å². The van der Waals surface area contributed by atoms with Gasteiger partial charge in [0.1, 0.15) is 11.5 Å². The maximum absolute atomic E-state index is 13.2. The topological polar surface area (TPSA) is 45.8 Å². The molecule has 32 heavy (non-hydrogen) atoms. The fraction of sp³-hybridized carbons (Fsp3) is 0.167. The van der Waals surface area contributed by atoms with Crippen molar-refractivity contribution in [2.24, 2.45) is 5.10 Å². The maximum atomic E-state index is 13.2. The van der Waals surface area contributed by atoms with Gasteiger partial charge in [0.05, 0.1) is 27.6 Å². The van der Waals surface area contributed by atoms with E-state index in [1.54, 1.807) is 30.3 Å². The highest BCUT2D eigenvalue weighted by molar-refractivity contribution is 6.32. The van der Waals surface area contributed by atoms with Crippen LogP contribution in [0.15, 0.2) is 75.8 Å². The standard InChI is InChI=1S/C24H18ClF3N2O2/c1-2-6-21-18(23(31)30(29-21)16-7-4-3-5-8-16)14-17-10-12-22(32-17)15-9-11-20(25)19(13-15)24(26,27)28/h3-5,7-14H,2,6H2,1H3/b18-14+. The van der Waals surface area contributed by atoms with Crippen LogP contribution in [0.4, 0.5) is 18.9 Å². The first-order chi connectivity index (χ1) is 15.3. The van der Waals surface area contributed by atoms with Gasteiger partial charge in [-0.1, -0.05) is 43.1 Å². The second-order valence-electron chi connectivity index (χ2n) is 7.20. The number of hydrogen-bond donors (Lipinski definition) is 0. The summed E-state index contributed by atoms with van der Waals surface area (Å²) in [6.07, 6.45) is -1.61. The number of nitrogens with zero attached hydrogens (tertiary/aromatic N) is 2. The minimum absolute atomic E-state index is 0.234. The monoisotopic (exact) mass is 458 g/mol. The Bertz CT molecular complexity index is 1210. The molecule has 0 atom stereocenters. The van der Waals surface area contributed by atoms with Crippen molar-refractivity contribution in [3.8, 4) is 11.3 Å². The molecule has 0 saturated heterocycles. The molecule has 0 N–H and O–H groups in total. The number of benzene rings is 2. The fourth-order valence-electron chi connectivity index (χ4n) is 3.39. The van der Waals surface area contributed by atoms with Gasteiger partial charge >= 0.3 is 6.18 Å². The zero-order chi connectivity index (χ0) is 22.9. The Morgan fingerprint density at radius 2 is 1.84 bits per heavy atom. The number of furan rings is 1. The van der Waals surface area contributed by atoms with Gasteiger partial charge in [-0.3, -0.25) is 4.79 Å². The van der Waals surface area contributed by atoms with Gasteiger partial charge in [-0.2, -0.15) is 23.3 Å². The van der Waals surface area contributed by atoms with E-state index in [1.807, 2.05) is 25.1 Å². The number of anilines is 1. The smallest absolute Gasteiger partial charge is 0.417 e. The van der Waals surface area contributed by atoms with E-state index in [9.17, 15) is 18.0 Å². The number of carbonyl (C=O) groups excluding carboxylic acids is 1. The number of halogens is 4. The first kappa shape index (κ1) is 21.9. The van der Waals surface area contributed by atoms with E-state index in [0.29, 0.717) is 29.2 Å². The van der Waals surface area contributed by atoms with Crippen molar-refractivity contribution < 1.29 is 22.4 Å². The van der Waals surface area contributed by atoms with E-state index in [2.05, 4.69) is 5.10 Å². The van der Waals surface area contributed by atoms with Gasteiger partial charge in [0.15, 0.2) is 0 Å². The van der Waals surface area contributed by atoms with Crippen molar-refractivity contribution in [3.05, 3.63) is 82.6 Å². The van der Waals surface area contributed by atoms with Crippen LogP contribution in [0.1, 0.15) is 31.1 Å². The lowest BCUT2D eigenvalue weighted by molar-refractivity contribution is -0.137. The third-order valence-electron chi connectivity index (χ3n) is 4.91. The molecule has 0 fully saturated rings. The van der Waals surface area contributed by atoms with Crippen LogP contribution in [-0.4, -0.2) is 11.6 Å². The van der Waals surface area contributed by atoms with E-state index in [1.165, 1.54) is 17.1 Å². The predicted octanol–water partition coefficient (Wildman–Crippen LogP) is 7.21. The SMILES string of the molecule is CCCC1=NN(c2ccccc2)C(=O)/C1=C/c1ccc(-c2ccc(Cl)c(C(F)(F)F)c2)o1. The van der Waals surface area contributed by atoms with Crippen molar-refractivity contribution in [2.75, 3.05) is 5.01 Å². The summed E-state index contributed by atoms with van der Waals surface area (Å²) in [5, 5.41) is 5.43. The molecule has 1 aromatic heterocycles. The van der Waals surface area contributed by atoms with Crippen LogP contribution in [-0.2, 0) is 11.0 Å². The first-order valence-electron chi connectivity index (χ1n) is 9.94. The normalized spacial score (nSPS) is 15.5. The lowest BCUT2D eigenvalue weighted by Gasteiger charge is -2.10. The Kier molecular flexibility index (Phi) is 5.93.